The third-order valence-corrected chi connectivity index (χ3v) is 3.12. The molecule has 1 unspecified atom stereocenters. The Morgan fingerprint density at radius 1 is 1.39 bits per heavy atom. The lowest BCUT2D eigenvalue weighted by Crippen LogP contribution is -1.97. The fourth-order valence-electron chi connectivity index (χ4n) is 2.01. The molecule has 94 valence electrons. The van der Waals surface area contributed by atoms with Crippen molar-refractivity contribution < 1.29 is 14.4 Å². The van der Waals surface area contributed by atoms with Gasteiger partial charge >= 0.3 is 0 Å². The summed E-state index contributed by atoms with van der Waals surface area (Å²) in [5.74, 6) is 1.22. The van der Waals surface area contributed by atoms with Crippen LogP contribution in [0.3, 0.4) is 0 Å². The summed E-state index contributed by atoms with van der Waals surface area (Å²) in [5.41, 5.74) is 1.53. The standard InChI is InChI=1S/C13H14N2O3/c1-8-4-5-9(7-10(8)16)13-14-12(15-18-13)11-3-2-6-17-11/h4-5,7,11,16H,2-3,6H2,1H3. The number of hydrogen-bond acceptors (Lipinski definition) is 5. The van der Waals surface area contributed by atoms with Crippen LogP contribution in [-0.4, -0.2) is 21.9 Å². The Labute approximate surface area is 104 Å². The Hall–Kier alpha value is -1.88. The minimum absolute atomic E-state index is 0.0541. The quantitative estimate of drug-likeness (QED) is 0.882. The Morgan fingerprint density at radius 2 is 2.28 bits per heavy atom. The van der Waals surface area contributed by atoms with E-state index in [0.717, 1.165) is 30.6 Å². The highest BCUT2D eigenvalue weighted by Gasteiger charge is 2.23. The van der Waals surface area contributed by atoms with E-state index in [-0.39, 0.29) is 11.9 Å². The van der Waals surface area contributed by atoms with Crippen molar-refractivity contribution in [1.82, 2.24) is 10.1 Å². The largest absolute Gasteiger partial charge is 0.508 e. The van der Waals surface area contributed by atoms with Gasteiger partial charge in [-0.25, -0.2) is 0 Å². The lowest BCUT2D eigenvalue weighted by molar-refractivity contribution is 0.103. The van der Waals surface area contributed by atoms with E-state index < -0.39 is 0 Å². The molecule has 3 rings (SSSR count). The van der Waals surface area contributed by atoms with Gasteiger partial charge in [0.2, 0.25) is 5.82 Å². The Bertz CT molecular complexity index is 559. The number of aryl methyl sites for hydroxylation is 1. The number of aromatic nitrogens is 2. The molecule has 0 aliphatic carbocycles. The van der Waals surface area contributed by atoms with Crippen LogP contribution in [0.15, 0.2) is 22.7 Å². The highest BCUT2D eigenvalue weighted by atomic mass is 16.5. The molecule has 1 atom stereocenters. The number of rotatable bonds is 2. The molecule has 0 saturated carbocycles. The third kappa shape index (κ3) is 1.97. The lowest BCUT2D eigenvalue weighted by Gasteiger charge is -2.01. The fourth-order valence-corrected chi connectivity index (χ4v) is 2.01. The number of ether oxygens (including phenoxy) is 1. The van der Waals surface area contributed by atoms with Gasteiger partial charge in [-0.3, -0.25) is 0 Å². The summed E-state index contributed by atoms with van der Waals surface area (Å²) in [6, 6.07) is 5.30. The maximum absolute atomic E-state index is 9.67. The molecule has 0 bridgehead atoms. The van der Waals surface area contributed by atoms with E-state index in [2.05, 4.69) is 10.1 Å². The van der Waals surface area contributed by atoms with Crippen LogP contribution in [0, 0.1) is 6.92 Å². The first kappa shape index (κ1) is 11.2. The second kappa shape index (κ2) is 4.42. The van der Waals surface area contributed by atoms with Crippen LogP contribution in [0.1, 0.15) is 30.3 Å². The van der Waals surface area contributed by atoms with E-state index in [4.69, 9.17) is 9.26 Å². The molecule has 1 aliphatic heterocycles. The molecule has 1 saturated heterocycles. The Balaban J connectivity index is 1.89. The number of benzene rings is 1. The zero-order valence-electron chi connectivity index (χ0n) is 10.1. The average Bonchev–Trinajstić information content (AvgIpc) is 3.01. The molecule has 0 spiro atoms. The van der Waals surface area contributed by atoms with E-state index >= 15 is 0 Å². The van der Waals surface area contributed by atoms with Crippen molar-refractivity contribution in [2.24, 2.45) is 0 Å². The van der Waals surface area contributed by atoms with Crippen LogP contribution in [0.25, 0.3) is 11.5 Å². The smallest absolute Gasteiger partial charge is 0.258 e. The number of hydrogen-bond donors (Lipinski definition) is 1. The predicted molar refractivity (Wildman–Crippen MR) is 64.1 cm³/mol. The summed E-state index contributed by atoms with van der Waals surface area (Å²) in [6.07, 6.45) is 1.90. The molecular weight excluding hydrogens is 232 g/mol. The van der Waals surface area contributed by atoms with Gasteiger partial charge in [0.1, 0.15) is 11.9 Å². The summed E-state index contributed by atoms with van der Waals surface area (Å²) in [5, 5.41) is 13.6. The summed E-state index contributed by atoms with van der Waals surface area (Å²) < 4.78 is 10.7. The normalized spacial score (nSPS) is 19.3. The van der Waals surface area contributed by atoms with Crippen molar-refractivity contribution in [3.8, 4) is 17.2 Å². The molecule has 1 N–H and O–H groups in total. The first-order chi connectivity index (χ1) is 8.74. The molecule has 1 fully saturated rings. The lowest BCUT2D eigenvalue weighted by atomic mass is 10.1. The molecule has 1 aromatic heterocycles. The van der Waals surface area contributed by atoms with Crippen molar-refractivity contribution in [2.45, 2.75) is 25.9 Å². The Morgan fingerprint density at radius 3 is 3.00 bits per heavy atom. The minimum Gasteiger partial charge on any atom is -0.508 e. The summed E-state index contributed by atoms with van der Waals surface area (Å²) in [6.45, 7) is 2.59. The SMILES string of the molecule is Cc1ccc(-c2nc(C3CCCO3)no2)cc1O. The van der Waals surface area contributed by atoms with Crippen LogP contribution < -0.4 is 0 Å². The highest BCUT2D eigenvalue weighted by molar-refractivity contribution is 5.57. The second-order valence-corrected chi connectivity index (χ2v) is 4.46. The number of aromatic hydroxyl groups is 1. The van der Waals surface area contributed by atoms with Gasteiger partial charge in [0.25, 0.3) is 5.89 Å². The zero-order chi connectivity index (χ0) is 12.5. The monoisotopic (exact) mass is 246 g/mol. The highest BCUT2D eigenvalue weighted by Crippen LogP contribution is 2.29. The van der Waals surface area contributed by atoms with Gasteiger partial charge < -0.3 is 14.4 Å². The predicted octanol–water partition coefficient (Wildman–Crippen LogP) is 2.60. The molecule has 0 radical (unpaired) electrons. The fraction of sp³-hybridized carbons (Fsp3) is 0.385. The molecule has 1 aliphatic rings. The van der Waals surface area contributed by atoms with E-state index in [9.17, 15) is 5.11 Å². The van der Waals surface area contributed by atoms with Gasteiger partial charge in [0.05, 0.1) is 0 Å². The number of nitrogens with zero attached hydrogens (tertiary/aromatic N) is 2. The molecular formula is C13H14N2O3. The maximum atomic E-state index is 9.67. The van der Waals surface area contributed by atoms with Crippen molar-refractivity contribution in [2.75, 3.05) is 6.61 Å². The molecule has 1 aromatic carbocycles. The minimum atomic E-state index is -0.0541. The van der Waals surface area contributed by atoms with Gasteiger partial charge in [-0.05, 0) is 37.5 Å². The molecule has 2 heterocycles. The van der Waals surface area contributed by atoms with Crippen molar-refractivity contribution in [3.05, 3.63) is 29.6 Å². The average molecular weight is 246 g/mol. The van der Waals surface area contributed by atoms with Crippen LogP contribution >= 0.6 is 0 Å². The van der Waals surface area contributed by atoms with Crippen LogP contribution in [0.2, 0.25) is 0 Å². The summed E-state index contributed by atoms with van der Waals surface area (Å²) >= 11 is 0. The van der Waals surface area contributed by atoms with Crippen molar-refractivity contribution >= 4 is 0 Å². The van der Waals surface area contributed by atoms with Gasteiger partial charge in [-0.15, -0.1) is 0 Å². The first-order valence-corrected chi connectivity index (χ1v) is 5.99. The van der Waals surface area contributed by atoms with Gasteiger partial charge in [0.15, 0.2) is 0 Å². The zero-order valence-corrected chi connectivity index (χ0v) is 10.1. The second-order valence-electron chi connectivity index (χ2n) is 4.46. The third-order valence-electron chi connectivity index (χ3n) is 3.12. The molecule has 0 amide bonds. The number of phenols is 1. The van der Waals surface area contributed by atoms with Crippen LogP contribution in [0.4, 0.5) is 0 Å². The molecule has 2 aromatic rings. The topological polar surface area (TPSA) is 68.4 Å². The molecule has 18 heavy (non-hydrogen) atoms. The summed E-state index contributed by atoms with van der Waals surface area (Å²) in [7, 11) is 0. The van der Waals surface area contributed by atoms with E-state index in [1.807, 2.05) is 19.1 Å². The number of phenolic OH excluding ortho intramolecular Hbond substituents is 1. The van der Waals surface area contributed by atoms with E-state index in [1.54, 1.807) is 6.07 Å². The molecule has 5 heteroatoms. The van der Waals surface area contributed by atoms with E-state index in [0.29, 0.717) is 11.7 Å². The van der Waals surface area contributed by atoms with E-state index in [1.165, 1.54) is 0 Å². The first-order valence-electron chi connectivity index (χ1n) is 5.99. The van der Waals surface area contributed by atoms with Crippen LogP contribution in [0.5, 0.6) is 5.75 Å². The molecule has 5 nitrogen and oxygen atoms in total. The van der Waals surface area contributed by atoms with Crippen molar-refractivity contribution in [1.29, 1.82) is 0 Å². The maximum Gasteiger partial charge on any atom is 0.258 e. The summed E-state index contributed by atoms with van der Waals surface area (Å²) in [4.78, 5) is 4.32. The van der Waals surface area contributed by atoms with Gasteiger partial charge in [0, 0.05) is 12.2 Å². The Kier molecular flexibility index (Phi) is 2.76. The van der Waals surface area contributed by atoms with Crippen LogP contribution in [-0.2, 0) is 4.74 Å². The van der Waals surface area contributed by atoms with Gasteiger partial charge in [-0.2, -0.15) is 4.98 Å². The van der Waals surface area contributed by atoms with Gasteiger partial charge in [-0.1, -0.05) is 11.2 Å². The van der Waals surface area contributed by atoms with Crippen molar-refractivity contribution in [3.63, 3.8) is 0 Å².